The minimum atomic E-state index is 0.425. The van der Waals surface area contributed by atoms with Crippen molar-refractivity contribution in [3.8, 4) is 0 Å². The molecule has 0 radical (unpaired) electrons. The van der Waals surface area contributed by atoms with Crippen molar-refractivity contribution in [2.24, 2.45) is 0 Å². The van der Waals surface area contributed by atoms with Crippen molar-refractivity contribution in [1.82, 2.24) is 15.3 Å². The number of thiophene rings is 1. The predicted molar refractivity (Wildman–Crippen MR) is 67.8 cm³/mol. The van der Waals surface area contributed by atoms with Gasteiger partial charge in [0, 0.05) is 41.2 Å². The Labute approximate surface area is 99.9 Å². The first kappa shape index (κ1) is 11.4. The topological polar surface area (TPSA) is 40.7 Å². The molecule has 2 heterocycles. The van der Waals surface area contributed by atoms with Crippen molar-refractivity contribution in [1.29, 1.82) is 0 Å². The number of hydrogen-bond donors (Lipinski definition) is 2. The Morgan fingerprint density at radius 2 is 2.38 bits per heavy atom. The number of hydrogen-bond acceptors (Lipinski definition) is 3. The van der Waals surface area contributed by atoms with E-state index in [0.29, 0.717) is 6.04 Å². The number of rotatable bonds is 5. The molecule has 1 atom stereocenters. The standard InChI is InChI=1S/C12H17N3S/c1-9-3-4-11(16-9)10(2)13-6-5-12-14-7-8-15-12/h3-4,7-8,10,13H,5-6H2,1-2H3,(H,14,15). The quantitative estimate of drug-likeness (QED) is 0.836. The Hall–Kier alpha value is -1.13. The van der Waals surface area contributed by atoms with Gasteiger partial charge in [0.2, 0.25) is 0 Å². The average Bonchev–Trinajstić information content (AvgIpc) is 2.89. The highest BCUT2D eigenvalue weighted by molar-refractivity contribution is 7.12. The summed E-state index contributed by atoms with van der Waals surface area (Å²) >= 11 is 1.86. The van der Waals surface area contributed by atoms with Crippen LogP contribution in [-0.2, 0) is 6.42 Å². The van der Waals surface area contributed by atoms with Crippen LogP contribution < -0.4 is 5.32 Å². The fourth-order valence-electron chi connectivity index (χ4n) is 1.63. The number of aryl methyl sites for hydroxylation is 1. The third kappa shape index (κ3) is 2.93. The fraction of sp³-hybridized carbons (Fsp3) is 0.417. The van der Waals surface area contributed by atoms with E-state index in [4.69, 9.17) is 0 Å². The molecule has 2 N–H and O–H groups in total. The summed E-state index contributed by atoms with van der Waals surface area (Å²) in [4.78, 5) is 10.1. The van der Waals surface area contributed by atoms with E-state index >= 15 is 0 Å². The third-order valence-corrected chi connectivity index (χ3v) is 3.74. The van der Waals surface area contributed by atoms with E-state index in [-0.39, 0.29) is 0 Å². The molecule has 0 aliphatic heterocycles. The minimum Gasteiger partial charge on any atom is -0.349 e. The summed E-state index contributed by atoms with van der Waals surface area (Å²) < 4.78 is 0. The molecule has 0 spiro atoms. The van der Waals surface area contributed by atoms with Gasteiger partial charge in [-0.05, 0) is 26.0 Å². The first-order valence-electron chi connectivity index (χ1n) is 5.53. The van der Waals surface area contributed by atoms with E-state index in [9.17, 15) is 0 Å². The van der Waals surface area contributed by atoms with Crippen LogP contribution >= 0.6 is 11.3 Å². The third-order valence-electron chi connectivity index (χ3n) is 2.56. The van der Waals surface area contributed by atoms with Gasteiger partial charge in [0.1, 0.15) is 5.82 Å². The molecule has 0 aliphatic carbocycles. The van der Waals surface area contributed by atoms with Gasteiger partial charge >= 0.3 is 0 Å². The van der Waals surface area contributed by atoms with E-state index in [1.54, 1.807) is 6.20 Å². The van der Waals surface area contributed by atoms with Crippen LogP contribution in [0.2, 0.25) is 0 Å². The maximum absolute atomic E-state index is 4.20. The van der Waals surface area contributed by atoms with Crippen molar-refractivity contribution in [2.45, 2.75) is 26.3 Å². The van der Waals surface area contributed by atoms with Crippen molar-refractivity contribution >= 4 is 11.3 Å². The second kappa shape index (κ2) is 5.27. The summed E-state index contributed by atoms with van der Waals surface area (Å²) in [7, 11) is 0. The van der Waals surface area contributed by atoms with E-state index < -0.39 is 0 Å². The summed E-state index contributed by atoms with van der Waals surface area (Å²) in [6.07, 6.45) is 4.60. The largest absolute Gasteiger partial charge is 0.349 e. The monoisotopic (exact) mass is 235 g/mol. The maximum Gasteiger partial charge on any atom is 0.107 e. The van der Waals surface area contributed by atoms with Crippen LogP contribution in [0.25, 0.3) is 0 Å². The summed E-state index contributed by atoms with van der Waals surface area (Å²) in [5, 5.41) is 3.50. The van der Waals surface area contributed by atoms with Crippen molar-refractivity contribution in [3.63, 3.8) is 0 Å². The van der Waals surface area contributed by atoms with E-state index in [1.165, 1.54) is 9.75 Å². The van der Waals surface area contributed by atoms with Crippen molar-refractivity contribution in [3.05, 3.63) is 40.1 Å². The smallest absolute Gasteiger partial charge is 0.107 e. The zero-order valence-corrected chi connectivity index (χ0v) is 10.5. The highest BCUT2D eigenvalue weighted by atomic mass is 32.1. The number of imidazole rings is 1. The van der Waals surface area contributed by atoms with Gasteiger partial charge in [0.05, 0.1) is 0 Å². The molecule has 86 valence electrons. The molecule has 2 aromatic rings. The fourth-order valence-corrected chi connectivity index (χ4v) is 2.53. The lowest BCUT2D eigenvalue weighted by molar-refractivity contribution is 0.579. The van der Waals surface area contributed by atoms with Gasteiger partial charge in [-0.25, -0.2) is 4.98 Å². The Morgan fingerprint density at radius 1 is 1.50 bits per heavy atom. The summed E-state index contributed by atoms with van der Waals surface area (Å²) in [5.41, 5.74) is 0. The number of aromatic nitrogens is 2. The molecule has 0 amide bonds. The predicted octanol–water partition coefficient (Wildman–Crippen LogP) is 2.67. The van der Waals surface area contributed by atoms with Gasteiger partial charge in [-0.3, -0.25) is 0 Å². The lowest BCUT2D eigenvalue weighted by atomic mass is 10.2. The Morgan fingerprint density at radius 3 is 3.00 bits per heavy atom. The molecule has 0 saturated heterocycles. The lowest BCUT2D eigenvalue weighted by Crippen LogP contribution is -2.20. The van der Waals surface area contributed by atoms with E-state index in [2.05, 4.69) is 41.3 Å². The zero-order chi connectivity index (χ0) is 11.4. The molecule has 1 unspecified atom stereocenters. The Kier molecular flexibility index (Phi) is 3.74. The molecular weight excluding hydrogens is 218 g/mol. The highest BCUT2D eigenvalue weighted by Gasteiger charge is 2.06. The van der Waals surface area contributed by atoms with Crippen molar-refractivity contribution in [2.75, 3.05) is 6.54 Å². The SMILES string of the molecule is Cc1ccc(C(C)NCCc2ncc[nH]2)s1. The second-order valence-electron chi connectivity index (χ2n) is 3.91. The Bertz CT molecular complexity index is 419. The summed E-state index contributed by atoms with van der Waals surface area (Å²) in [5.74, 6) is 1.04. The lowest BCUT2D eigenvalue weighted by Gasteiger charge is -2.11. The van der Waals surface area contributed by atoms with Crippen LogP contribution in [0, 0.1) is 6.92 Å². The van der Waals surface area contributed by atoms with Crippen LogP contribution in [0.1, 0.15) is 28.5 Å². The molecule has 16 heavy (non-hydrogen) atoms. The van der Waals surface area contributed by atoms with E-state index in [0.717, 1.165) is 18.8 Å². The van der Waals surface area contributed by atoms with Gasteiger partial charge < -0.3 is 10.3 Å². The van der Waals surface area contributed by atoms with Crippen LogP contribution in [0.5, 0.6) is 0 Å². The summed E-state index contributed by atoms with van der Waals surface area (Å²) in [6, 6.07) is 4.79. The first-order valence-corrected chi connectivity index (χ1v) is 6.35. The van der Waals surface area contributed by atoms with Gasteiger partial charge in [-0.1, -0.05) is 0 Å². The Balaban J connectivity index is 1.78. The summed E-state index contributed by atoms with van der Waals surface area (Å²) in [6.45, 7) is 5.29. The van der Waals surface area contributed by atoms with Crippen LogP contribution in [-0.4, -0.2) is 16.5 Å². The number of nitrogens with one attached hydrogen (secondary N) is 2. The van der Waals surface area contributed by atoms with Gasteiger partial charge in [-0.15, -0.1) is 11.3 Å². The second-order valence-corrected chi connectivity index (χ2v) is 5.23. The molecule has 0 aliphatic rings. The van der Waals surface area contributed by atoms with Crippen LogP contribution in [0.3, 0.4) is 0 Å². The molecule has 0 bridgehead atoms. The molecule has 0 fully saturated rings. The van der Waals surface area contributed by atoms with Gasteiger partial charge in [0.25, 0.3) is 0 Å². The molecule has 3 nitrogen and oxygen atoms in total. The van der Waals surface area contributed by atoms with E-state index in [1.807, 2.05) is 17.5 Å². The van der Waals surface area contributed by atoms with Gasteiger partial charge in [0.15, 0.2) is 0 Å². The molecular formula is C12H17N3S. The molecule has 2 aromatic heterocycles. The molecule has 2 rings (SSSR count). The highest BCUT2D eigenvalue weighted by Crippen LogP contribution is 2.21. The molecule has 0 saturated carbocycles. The normalized spacial score (nSPS) is 12.9. The number of nitrogens with zero attached hydrogens (tertiary/aromatic N) is 1. The minimum absolute atomic E-state index is 0.425. The molecule has 4 heteroatoms. The van der Waals surface area contributed by atoms with Crippen LogP contribution in [0.4, 0.5) is 0 Å². The molecule has 0 aromatic carbocycles. The maximum atomic E-state index is 4.20. The first-order chi connectivity index (χ1) is 7.75. The van der Waals surface area contributed by atoms with Crippen LogP contribution in [0.15, 0.2) is 24.5 Å². The number of aromatic amines is 1. The van der Waals surface area contributed by atoms with Gasteiger partial charge in [-0.2, -0.15) is 0 Å². The average molecular weight is 235 g/mol. The van der Waals surface area contributed by atoms with Crippen molar-refractivity contribution < 1.29 is 0 Å². The zero-order valence-electron chi connectivity index (χ0n) is 9.66. The number of H-pyrrole nitrogens is 1.